The van der Waals surface area contributed by atoms with E-state index in [0.717, 1.165) is 57.5 Å². The third-order valence-electron chi connectivity index (χ3n) is 5.53. The molecule has 5 rings (SSSR count). The molecule has 3 aromatic heterocycles. The van der Waals surface area contributed by atoms with Gasteiger partial charge in [-0.15, -0.1) is 0 Å². The van der Waals surface area contributed by atoms with Crippen molar-refractivity contribution in [3.8, 4) is 22.5 Å². The molecule has 1 N–H and O–H groups in total. The Morgan fingerprint density at radius 2 is 1.87 bits per heavy atom. The molecule has 0 unspecified atom stereocenters. The smallest absolute Gasteiger partial charge is 0.255 e. The van der Waals surface area contributed by atoms with Crippen LogP contribution in [-0.4, -0.2) is 31.4 Å². The molecule has 1 aromatic carbocycles. The fourth-order valence-electron chi connectivity index (χ4n) is 3.99. The fraction of sp³-hybridized carbons (Fsp3) is 0.167. The van der Waals surface area contributed by atoms with Crippen LogP contribution in [0.4, 0.5) is 0 Å². The second kappa shape index (κ2) is 8.53. The second-order valence-corrected chi connectivity index (χ2v) is 8.50. The molecule has 0 spiro atoms. The van der Waals surface area contributed by atoms with Crippen molar-refractivity contribution in [2.45, 2.75) is 19.5 Å². The van der Waals surface area contributed by atoms with Crippen LogP contribution in [0.1, 0.15) is 16.8 Å². The normalized spacial score (nSPS) is 13.7. The first-order valence-corrected chi connectivity index (χ1v) is 10.9. The van der Waals surface area contributed by atoms with E-state index >= 15 is 0 Å². The van der Waals surface area contributed by atoms with E-state index in [9.17, 15) is 4.79 Å². The highest BCUT2D eigenvalue weighted by Gasteiger charge is 2.22. The van der Waals surface area contributed by atoms with E-state index < -0.39 is 0 Å². The predicted molar refractivity (Wildman–Crippen MR) is 123 cm³/mol. The summed E-state index contributed by atoms with van der Waals surface area (Å²) >= 11 is 3.56. The van der Waals surface area contributed by atoms with Crippen LogP contribution in [0.15, 0.2) is 76.5 Å². The highest BCUT2D eigenvalue weighted by Crippen LogP contribution is 2.28. The van der Waals surface area contributed by atoms with Gasteiger partial charge in [0, 0.05) is 60.9 Å². The van der Waals surface area contributed by atoms with Crippen LogP contribution in [0, 0.1) is 0 Å². The van der Waals surface area contributed by atoms with Gasteiger partial charge in [-0.05, 0) is 47.0 Å². The molecule has 4 heterocycles. The molecule has 1 aliphatic heterocycles. The topological polar surface area (TPSA) is 74.8 Å². The Labute approximate surface area is 188 Å². The number of nitrogens with one attached hydrogen (secondary N) is 1. The lowest BCUT2D eigenvalue weighted by Crippen LogP contribution is -2.35. The van der Waals surface area contributed by atoms with E-state index in [0.29, 0.717) is 12.4 Å². The number of H-pyrrole nitrogens is 1. The molecule has 0 radical (unpaired) electrons. The lowest BCUT2D eigenvalue weighted by atomic mass is 10.00. The number of nitrogens with zero attached hydrogens (tertiary/aromatic N) is 4. The number of aromatic nitrogens is 4. The summed E-state index contributed by atoms with van der Waals surface area (Å²) in [6.45, 7) is 2.13. The quantitative estimate of drug-likeness (QED) is 0.480. The van der Waals surface area contributed by atoms with Gasteiger partial charge < -0.3 is 4.98 Å². The molecule has 154 valence electrons. The molecule has 1 aliphatic rings. The zero-order chi connectivity index (χ0) is 21.2. The summed E-state index contributed by atoms with van der Waals surface area (Å²) in [7, 11) is 0. The Kier molecular flexibility index (Phi) is 5.44. The maximum Gasteiger partial charge on any atom is 0.255 e. The van der Waals surface area contributed by atoms with Crippen molar-refractivity contribution >= 4 is 15.9 Å². The van der Waals surface area contributed by atoms with Gasteiger partial charge in [0.1, 0.15) is 5.82 Å². The Balaban J connectivity index is 1.41. The molecular weight excluding hydrogens is 454 g/mol. The minimum absolute atomic E-state index is 0.0695. The zero-order valence-electron chi connectivity index (χ0n) is 16.8. The van der Waals surface area contributed by atoms with Crippen LogP contribution in [0.2, 0.25) is 0 Å². The van der Waals surface area contributed by atoms with E-state index in [1.165, 1.54) is 0 Å². The molecule has 4 aromatic rings. The van der Waals surface area contributed by atoms with E-state index in [2.05, 4.69) is 47.9 Å². The van der Waals surface area contributed by atoms with Gasteiger partial charge in [0.25, 0.3) is 5.56 Å². The number of hydrogen-bond donors (Lipinski definition) is 1. The number of hydrogen-bond acceptors (Lipinski definition) is 5. The first kappa shape index (κ1) is 19.8. The predicted octanol–water partition coefficient (Wildman–Crippen LogP) is 4.21. The minimum atomic E-state index is -0.0695. The van der Waals surface area contributed by atoms with Gasteiger partial charge >= 0.3 is 0 Å². The average molecular weight is 474 g/mol. The Hall–Kier alpha value is -3.16. The summed E-state index contributed by atoms with van der Waals surface area (Å²) in [6.07, 6.45) is 7.88. The van der Waals surface area contributed by atoms with Crippen LogP contribution in [0.25, 0.3) is 22.5 Å². The Morgan fingerprint density at radius 1 is 1.03 bits per heavy atom. The van der Waals surface area contributed by atoms with Crippen LogP contribution in [0.3, 0.4) is 0 Å². The number of pyridine rings is 2. The van der Waals surface area contributed by atoms with Crippen molar-refractivity contribution in [3.63, 3.8) is 0 Å². The summed E-state index contributed by atoms with van der Waals surface area (Å²) in [5.41, 5.74) is 5.86. The maximum atomic E-state index is 12.8. The van der Waals surface area contributed by atoms with Crippen LogP contribution < -0.4 is 5.56 Å². The lowest BCUT2D eigenvalue weighted by molar-refractivity contribution is 0.242. The van der Waals surface area contributed by atoms with Crippen molar-refractivity contribution in [3.05, 3.63) is 98.9 Å². The maximum absolute atomic E-state index is 12.8. The van der Waals surface area contributed by atoms with E-state index in [4.69, 9.17) is 4.98 Å². The van der Waals surface area contributed by atoms with Gasteiger partial charge in [-0.25, -0.2) is 4.98 Å². The van der Waals surface area contributed by atoms with E-state index in [1.54, 1.807) is 12.4 Å². The monoisotopic (exact) mass is 473 g/mol. The van der Waals surface area contributed by atoms with Gasteiger partial charge in [0.15, 0.2) is 0 Å². The van der Waals surface area contributed by atoms with Gasteiger partial charge in [-0.2, -0.15) is 0 Å². The largest absolute Gasteiger partial charge is 0.306 e. The standard InChI is InChI=1S/C24H20BrN5O/c25-19-3-1-2-17(12-19)20-6-10-27-13-18(20)14-30-11-7-22-21(15-30)24(31)29-23(28-22)16-4-8-26-9-5-16/h1-6,8-10,12-13H,7,11,14-15H2,(H,28,29,31). The molecule has 0 saturated heterocycles. The molecule has 0 aliphatic carbocycles. The third-order valence-corrected chi connectivity index (χ3v) is 6.03. The summed E-state index contributed by atoms with van der Waals surface area (Å²) in [4.78, 5) is 31.2. The van der Waals surface area contributed by atoms with Crippen LogP contribution in [-0.2, 0) is 19.5 Å². The second-order valence-electron chi connectivity index (χ2n) is 7.58. The molecule has 0 atom stereocenters. The summed E-state index contributed by atoms with van der Waals surface area (Å²) in [5.74, 6) is 0.601. The molecule has 0 fully saturated rings. The molecule has 0 bridgehead atoms. The summed E-state index contributed by atoms with van der Waals surface area (Å²) < 4.78 is 1.04. The number of fused-ring (bicyclic) bond motifs is 1. The number of halogens is 1. The lowest BCUT2D eigenvalue weighted by Gasteiger charge is -2.28. The van der Waals surface area contributed by atoms with Gasteiger partial charge in [-0.1, -0.05) is 28.1 Å². The highest BCUT2D eigenvalue weighted by molar-refractivity contribution is 9.10. The van der Waals surface area contributed by atoms with Gasteiger partial charge in [-0.3, -0.25) is 19.7 Å². The van der Waals surface area contributed by atoms with Crippen molar-refractivity contribution in [1.29, 1.82) is 0 Å². The first-order valence-electron chi connectivity index (χ1n) is 10.1. The Bertz CT molecular complexity index is 1290. The molecule has 31 heavy (non-hydrogen) atoms. The van der Waals surface area contributed by atoms with Gasteiger partial charge in [0.05, 0.1) is 11.3 Å². The summed E-state index contributed by atoms with van der Waals surface area (Å²) in [6, 6.07) is 14.0. The number of rotatable bonds is 4. The Morgan fingerprint density at radius 3 is 2.71 bits per heavy atom. The molecular formula is C24H20BrN5O. The summed E-state index contributed by atoms with van der Waals surface area (Å²) in [5, 5.41) is 0. The van der Waals surface area contributed by atoms with Crippen molar-refractivity contribution in [2.24, 2.45) is 0 Å². The molecule has 0 saturated carbocycles. The van der Waals surface area contributed by atoms with Crippen molar-refractivity contribution in [1.82, 2.24) is 24.8 Å². The van der Waals surface area contributed by atoms with Crippen LogP contribution >= 0.6 is 15.9 Å². The van der Waals surface area contributed by atoms with Crippen LogP contribution in [0.5, 0.6) is 0 Å². The highest BCUT2D eigenvalue weighted by atomic mass is 79.9. The molecule has 6 nitrogen and oxygen atoms in total. The molecule has 0 amide bonds. The SMILES string of the molecule is O=c1[nH]c(-c2ccncc2)nc2c1CN(Cc1cnccc1-c1cccc(Br)c1)CC2. The minimum Gasteiger partial charge on any atom is -0.306 e. The average Bonchev–Trinajstić information content (AvgIpc) is 2.80. The number of benzene rings is 1. The van der Waals surface area contributed by atoms with Gasteiger partial charge in [0.2, 0.25) is 0 Å². The first-order chi connectivity index (χ1) is 15.2. The third kappa shape index (κ3) is 4.19. The van der Waals surface area contributed by atoms with Crippen molar-refractivity contribution in [2.75, 3.05) is 6.54 Å². The van der Waals surface area contributed by atoms with Crippen molar-refractivity contribution < 1.29 is 0 Å². The fourth-order valence-corrected chi connectivity index (χ4v) is 4.39. The van der Waals surface area contributed by atoms with E-state index in [-0.39, 0.29) is 5.56 Å². The molecule has 7 heteroatoms. The number of aromatic amines is 1. The van der Waals surface area contributed by atoms with E-state index in [1.807, 2.05) is 42.7 Å². The zero-order valence-corrected chi connectivity index (χ0v) is 18.3.